The number of hydrogen-bond donors (Lipinski definition) is 2. The fourth-order valence-electron chi connectivity index (χ4n) is 5.55. The average molecular weight is 594 g/mol. The van der Waals surface area contributed by atoms with Crippen molar-refractivity contribution in [3.8, 4) is 28.1 Å². The monoisotopic (exact) mass is 593 g/mol. The molecule has 1 saturated carbocycles. The van der Waals surface area contributed by atoms with E-state index in [0.717, 1.165) is 35.0 Å². The second-order valence-electron chi connectivity index (χ2n) is 10.4. The number of benzene rings is 2. The van der Waals surface area contributed by atoms with Crippen molar-refractivity contribution >= 4 is 34.4 Å². The van der Waals surface area contributed by atoms with Gasteiger partial charge in [-0.15, -0.1) is 0 Å². The Labute approximate surface area is 245 Å². The first-order valence-corrected chi connectivity index (χ1v) is 14.6. The first-order chi connectivity index (χ1) is 20.3. The fraction of sp³-hybridized carbons (Fsp3) is 0.300. The number of fused-ring (bicyclic) bond motifs is 1. The molecule has 3 N–H and O–H groups in total. The van der Waals surface area contributed by atoms with Crippen LogP contribution in [0.5, 0.6) is 5.75 Å². The third-order valence-electron chi connectivity index (χ3n) is 7.66. The van der Waals surface area contributed by atoms with Crippen molar-refractivity contribution in [2.45, 2.75) is 50.5 Å². The van der Waals surface area contributed by atoms with Crippen LogP contribution in [0.15, 0.2) is 61.1 Å². The van der Waals surface area contributed by atoms with Crippen molar-refractivity contribution in [2.75, 3.05) is 10.5 Å². The lowest BCUT2D eigenvalue weighted by molar-refractivity contribution is 0.228. The number of nitrogen functional groups attached to an aromatic ring is 1. The van der Waals surface area contributed by atoms with Gasteiger partial charge in [0.15, 0.2) is 0 Å². The number of aromatic nitrogens is 5. The number of aryl methyl sites for hydroxylation is 1. The lowest BCUT2D eigenvalue weighted by atomic mass is 10.0. The average Bonchev–Trinajstić information content (AvgIpc) is 3.74. The number of nitrogens with two attached hydrogens (primary N) is 1. The second kappa shape index (κ2) is 11.6. The van der Waals surface area contributed by atoms with E-state index in [0.29, 0.717) is 39.9 Å². The molecule has 2 aromatic carbocycles. The minimum atomic E-state index is -2.63. The van der Waals surface area contributed by atoms with Gasteiger partial charge in [0.2, 0.25) is 0 Å². The predicted molar refractivity (Wildman–Crippen MR) is 160 cm³/mol. The summed E-state index contributed by atoms with van der Waals surface area (Å²) in [6, 6.07) is 11.5. The Hall–Kier alpha value is -4.19. The normalized spacial score (nSPS) is 14.6. The van der Waals surface area contributed by atoms with Gasteiger partial charge in [-0.3, -0.25) is 9.36 Å². The summed E-state index contributed by atoms with van der Waals surface area (Å²) >= 11 is 0.274. The van der Waals surface area contributed by atoms with E-state index >= 15 is 0 Å². The maximum absolute atomic E-state index is 13.5. The Morgan fingerprint density at radius 2 is 1.83 bits per heavy atom. The highest BCUT2D eigenvalue weighted by Crippen LogP contribution is 2.41. The van der Waals surface area contributed by atoms with Gasteiger partial charge < -0.3 is 15.2 Å². The molecule has 1 unspecified atom stereocenters. The summed E-state index contributed by atoms with van der Waals surface area (Å²) in [4.78, 5) is 4.50. The van der Waals surface area contributed by atoms with Crippen LogP contribution in [-0.4, -0.2) is 30.3 Å². The Bertz CT molecular complexity index is 1710. The van der Waals surface area contributed by atoms with E-state index in [2.05, 4.69) is 21.0 Å². The van der Waals surface area contributed by atoms with Crippen LogP contribution in [0.4, 0.5) is 24.7 Å². The first-order valence-electron chi connectivity index (χ1n) is 13.7. The predicted octanol–water partition coefficient (Wildman–Crippen LogP) is 7.76. The van der Waals surface area contributed by atoms with Crippen molar-refractivity contribution in [1.82, 2.24) is 24.5 Å². The molecule has 12 heteroatoms. The van der Waals surface area contributed by atoms with Crippen molar-refractivity contribution < 1.29 is 17.9 Å². The Kier molecular flexibility index (Phi) is 7.72. The van der Waals surface area contributed by atoms with Gasteiger partial charge in [-0.1, -0.05) is 31.0 Å². The van der Waals surface area contributed by atoms with Gasteiger partial charge in [-0.2, -0.15) is 19.0 Å². The molecule has 6 rings (SSSR count). The lowest BCUT2D eigenvalue weighted by Crippen LogP contribution is -2.05. The topological polar surface area (TPSA) is 95.8 Å². The number of ether oxygens (including phenoxy) is 1. The highest BCUT2D eigenvalue weighted by Gasteiger charge is 2.23. The lowest BCUT2D eigenvalue weighted by Gasteiger charge is -2.19. The molecule has 218 valence electrons. The number of pyridine rings is 1. The molecular formula is C30H30F3N7OS. The van der Waals surface area contributed by atoms with Crippen LogP contribution < -0.4 is 15.2 Å². The summed E-state index contributed by atoms with van der Waals surface area (Å²) in [6.45, 7) is 1.81. The molecular weight excluding hydrogens is 563 g/mol. The highest BCUT2D eigenvalue weighted by molar-refractivity contribution is 8.00. The van der Waals surface area contributed by atoms with Crippen molar-refractivity contribution in [2.24, 2.45) is 7.05 Å². The molecule has 0 radical (unpaired) electrons. The number of hydrogen-bond acceptors (Lipinski definition) is 7. The van der Waals surface area contributed by atoms with Crippen molar-refractivity contribution in [3.05, 3.63) is 72.4 Å². The molecule has 8 nitrogen and oxygen atoms in total. The number of nitrogens with one attached hydrogen (secondary N) is 1. The Morgan fingerprint density at radius 3 is 2.57 bits per heavy atom. The summed E-state index contributed by atoms with van der Waals surface area (Å²) in [6.07, 6.45) is 9.82. The molecule has 0 saturated heterocycles. The third kappa shape index (κ3) is 5.50. The summed E-state index contributed by atoms with van der Waals surface area (Å²) in [5.41, 5.74) is 11.4. The van der Waals surface area contributed by atoms with Crippen LogP contribution in [0.1, 0.15) is 50.3 Å². The molecule has 3 aromatic heterocycles. The molecule has 0 bridgehead atoms. The molecule has 0 aliphatic heterocycles. The Balaban J connectivity index is 1.40. The SMILES string of the molecule is CC(Oc1cc(-c2nn(C)c3c(-c4cnn(C5CCCC5)c4)cnc(N)c23)ccc1NSC(F)F)c1ccc(F)cc1. The zero-order valence-electron chi connectivity index (χ0n) is 23.1. The molecule has 0 spiro atoms. The zero-order valence-corrected chi connectivity index (χ0v) is 23.9. The molecule has 5 aromatic rings. The number of nitrogens with zero attached hydrogens (tertiary/aromatic N) is 5. The molecule has 3 heterocycles. The molecule has 1 aliphatic rings. The zero-order chi connectivity index (χ0) is 29.4. The molecule has 0 amide bonds. The Morgan fingerprint density at radius 1 is 1.07 bits per heavy atom. The van der Waals surface area contributed by atoms with Crippen LogP contribution in [0, 0.1) is 5.82 Å². The highest BCUT2D eigenvalue weighted by atomic mass is 32.2. The van der Waals surface area contributed by atoms with Gasteiger partial charge in [-0.05, 0) is 49.6 Å². The quantitative estimate of drug-likeness (QED) is 0.169. The first kappa shape index (κ1) is 28.0. The molecule has 1 atom stereocenters. The maximum atomic E-state index is 13.5. The fourth-order valence-corrected chi connectivity index (χ4v) is 5.93. The third-order valence-corrected chi connectivity index (χ3v) is 8.17. The standard InChI is InChI=1S/C30H30F3N7OS/c1-17(18-7-10-21(31)11-8-18)41-25-13-19(9-12-24(25)38-42-30(32)33)27-26-28(39(2)37-27)23(15-35-29(26)34)20-14-36-40(16-20)22-5-3-4-6-22/h7-17,22,30,38H,3-6H2,1-2H3,(H2,34,35). The summed E-state index contributed by atoms with van der Waals surface area (Å²) in [7, 11) is 1.85. The van der Waals surface area contributed by atoms with Crippen LogP contribution in [0.25, 0.3) is 33.3 Å². The van der Waals surface area contributed by atoms with Crippen LogP contribution in [0.3, 0.4) is 0 Å². The van der Waals surface area contributed by atoms with Gasteiger partial charge in [0, 0.05) is 48.1 Å². The minimum Gasteiger partial charge on any atom is -0.484 e. The van der Waals surface area contributed by atoms with E-state index in [1.807, 2.05) is 17.9 Å². The molecule has 42 heavy (non-hydrogen) atoms. The van der Waals surface area contributed by atoms with Gasteiger partial charge in [0.05, 0.1) is 28.8 Å². The van der Waals surface area contributed by atoms with Crippen LogP contribution in [-0.2, 0) is 7.05 Å². The van der Waals surface area contributed by atoms with Gasteiger partial charge in [-0.25, -0.2) is 9.37 Å². The molecule has 1 fully saturated rings. The van der Waals surface area contributed by atoms with E-state index in [9.17, 15) is 13.2 Å². The minimum absolute atomic E-state index is 0.274. The van der Waals surface area contributed by atoms with Gasteiger partial charge in [0.25, 0.3) is 0 Å². The summed E-state index contributed by atoms with van der Waals surface area (Å²) in [5, 5.41) is 10.1. The number of anilines is 2. The summed E-state index contributed by atoms with van der Waals surface area (Å²) in [5.74, 6) is -2.34. The largest absolute Gasteiger partial charge is 0.484 e. The number of halogens is 3. The van der Waals surface area contributed by atoms with Crippen molar-refractivity contribution in [3.63, 3.8) is 0 Å². The number of alkyl halides is 2. The van der Waals surface area contributed by atoms with Crippen LogP contribution in [0.2, 0.25) is 0 Å². The second-order valence-corrected chi connectivity index (χ2v) is 11.2. The van der Waals surface area contributed by atoms with E-state index in [1.165, 1.54) is 25.0 Å². The van der Waals surface area contributed by atoms with Gasteiger partial charge in [0.1, 0.15) is 29.2 Å². The van der Waals surface area contributed by atoms with E-state index in [1.54, 1.807) is 48.1 Å². The van der Waals surface area contributed by atoms with E-state index in [4.69, 9.17) is 15.6 Å². The summed E-state index contributed by atoms with van der Waals surface area (Å²) < 4.78 is 52.3. The van der Waals surface area contributed by atoms with Crippen LogP contribution >= 0.6 is 11.9 Å². The van der Waals surface area contributed by atoms with E-state index in [-0.39, 0.29) is 17.8 Å². The van der Waals surface area contributed by atoms with Gasteiger partial charge >= 0.3 is 5.76 Å². The maximum Gasteiger partial charge on any atom is 0.302 e. The van der Waals surface area contributed by atoms with E-state index < -0.39 is 11.9 Å². The smallest absolute Gasteiger partial charge is 0.302 e. The van der Waals surface area contributed by atoms with Crippen molar-refractivity contribution in [1.29, 1.82) is 0 Å². The molecule has 1 aliphatic carbocycles. The number of rotatable bonds is 9.